The molecule has 0 radical (unpaired) electrons. The van der Waals surface area contributed by atoms with Crippen LogP contribution in [-0.4, -0.2) is 20.7 Å². The summed E-state index contributed by atoms with van der Waals surface area (Å²) in [7, 11) is 1.83. The average molecular weight is 373 g/mol. The largest absolute Gasteiger partial charge is 0.298 e. The number of aryl methyl sites for hydroxylation is 2. The Hall–Kier alpha value is -2.44. The van der Waals surface area contributed by atoms with Crippen molar-refractivity contribution in [1.29, 1.82) is 0 Å². The number of carbonyl (C=O) groups is 1. The zero-order valence-corrected chi connectivity index (χ0v) is 15.4. The molecule has 128 valence electrons. The number of benzene rings is 1. The van der Waals surface area contributed by atoms with E-state index in [1.54, 1.807) is 23.2 Å². The minimum Gasteiger partial charge on any atom is -0.298 e. The molecule has 0 bridgehead atoms. The topological polar surface area (TPSA) is 59.8 Å². The van der Waals surface area contributed by atoms with Crippen LogP contribution >= 0.6 is 22.9 Å². The Morgan fingerprint density at radius 1 is 1.40 bits per heavy atom. The van der Waals surface area contributed by atoms with Crippen LogP contribution in [0.25, 0.3) is 6.08 Å². The number of amides is 1. The van der Waals surface area contributed by atoms with Gasteiger partial charge in [0.1, 0.15) is 0 Å². The van der Waals surface area contributed by atoms with Crippen molar-refractivity contribution >= 4 is 40.1 Å². The number of anilines is 1. The predicted octanol–water partition coefficient (Wildman–Crippen LogP) is 4.08. The highest BCUT2D eigenvalue weighted by Gasteiger charge is 2.08. The highest BCUT2D eigenvalue weighted by atomic mass is 35.5. The van der Waals surface area contributed by atoms with Crippen LogP contribution in [0.5, 0.6) is 0 Å². The molecule has 1 amide bonds. The highest BCUT2D eigenvalue weighted by molar-refractivity contribution is 7.15. The van der Waals surface area contributed by atoms with E-state index in [0.29, 0.717) is 11.6 Å². The Morgan fingerprint density at radius 3 is 3.00 bits per heavy atom. The van der Waals surface area contributed by atoms with Crippen molar-refractivity contribution < 1.29 is 4.79 Å². The van der Waals surface area contributed by atoms with Crippen molar-refractivity contribution in [2.24, 2.45) is 7.05 Å². The van der Waals surface area contributed by atoms with Crippen LogP contribution in [0.2, 0.25) is 5.02 Å². The first-order chi connectivity index (χ1) is 12.0. The van der Waals surface area contributed by atoms with Gasteiger partial charge in [-0.3, -0.25) is 14.8 Å². The van der Waals surface area contributed by atoms with Crippen molar-refractivity contribution in [2.75, 3.05) is 5.32 Å². The maximum atomic E-state index is 12.0. The zero-order valence-electron chi connectivity index (χ0n) is 13.9. The first-order valence-corrected chi connectivity index (χ1v) is 8.87. The SMILES string of the molecule is Cc1cccc(Cc2cnc(NC(=O)/C=C/c3cnn(C)c3)s2)c1Cl. The molecule has 0 aliphatic rings. The minimum atomic E-state index is -0.224. The van der Waals surface area contributed by atoms with Gasteiger partial charge >= 0.3 is 0 Å². The molecule has 0 atom stereocenters. The van der Waals surface area contributed by atoms with Gasteiger partial charge in [-0.15, -0.1) is 11.3 Å². The van der Waals surface area contributed by atoms with Gasteiger partial charge in [0.2, 0.25) is 5.91 Å². The Labute approximate surface area is 155 Å². The third-order valence-electron chi connectivity index (χ3n) is 3.57. The molecular formula is C18H17ClN4OS. The molecule has 1 aromatic carbocycles. The zero-order chi connectivity index (χ0) is 17.8. The van der Waals surface area contributed by atoms with Gasteiger partial charge in [-0.1, -0.05) is 29.8 Å². The highest BCUT2D eigenvalue weighted by Crippen LogP contribution is 2.26. The van der Waals surface area contributed by atoms with E-state index in [1.807, 2.05) is 38.4 Å². The number of nitrogens with zero attached hydrogens (tertiary/aromatic N) is 3. The molecule has 0 saturated carbocycles. The van der Waals surface area contributed by atoms with E-state index in [2.05, 4.69) is 15.4 Å². The summed E-state index contributed by atoms with van der Waals surface area (Å²) >= 11 is 7.78. The van der Waals surface area contributed by atoms with Gasteiger partial charge in [-0.05, 0) is 24.1 Å². The van der Waals surface area contributed by atoms with Crippen LogP contribution in [0.15, 0.2) is 42.9 Å². The van der Waals surface area contributed by atoms with E-state index < -0.39 is 0 Å². The number of rotatable bonds is 5. The summed E-state index contributed by atoms with van der Waals surface area (Å²) in [6, 6.07) is 5.98. The van der Waals surface area contributed by atoms with Crippen LogP contribution in [0.4, 0.5) is 5.13 Å². The quantitative estimate of drug-likeness (QED) is 0.686. The molecule has 2 aromatic heterocycles. The third-order valence-corrected chi connectivity index (χ3v) is 5.03. The normalized spacial score (nSPS) is 11.2. The fourth-order valence-electron chi connectivity index (χ4n) is 2.32. The lowest BCUT2D eigenvalue weighted by molar-refractivity contribution is -0.111. The maximum absolute atomic E-state index is 12.0. The molecule has 3 aromatic rings. The van der Waals surface area contributed by atoms with Gasteiger partial charge in [0.05, 0.1) is 6.20 Å². The monoisotopic (exact) mass is 372 g/mol. The van der Waals surface area contributed by atoms with Crippen LogP contribution < -0.4 is 5.32 Å². The Balaban J connectivity index is 1.62. The first kappa shape index (κ1) is 17.4. The van der Waals surface area contributed by atoms with E-state index >= 15 is 0 Å². The van der Waals surface area contributed by atoms with Gasteiger partial charge in [0, 0.05) is 47.4 Å². The van der Waals surface area contributed by atoms with E-state index in [9.17, 15) is 4.79 Å². The second kappa shape index (κ2) is 7.63. The molecule has 5 nitrogen and oxygen atoms in total. The van der Waals surface area contributed by atoms with Crippen molar-refractivity contribution in [3.05, 3.63) is 69.5 Å². The lowest BCUT2D eigenvalue weighted by Gasteiger charge is -2.04. The Bertz CT molecular complexity index is 929. The van der Waals surface area contributed by atoms with Crippen molar-refractivity contribution in [3.63, 3.8) is 0 Å². The summed E-state index contributed by atoms with van der Waals surface area (Å²) < 4.78 is 1.68. The summed E-state index contributed by atoms with van der Waals surface area (Å²) in [6.07, 6.45) is 9.16. The van der Waals surface area contributed by atoms with Gasteiger partial charge in [0.25, 0.3) is 0 Å². The van der Waals surface area contributed by atoms with Crippen molar-refractivity contribution in [2.45, 2.75) is 13.3 Å². The standard InChI is InChI=1S/C18H17ClN4OS/c1-12-4-3-5-14(17(12)19)8-15-10-20-18(25-15)22-16(24)7-6-13-9-21-23(2)11-13/h3-7,9-11H,8H2,1-2H3,(H,20,22,24)/b7-6+. The average Bonchev–Trinajstić information content (AvgIpc) is 3.19. The van der Waals surface area contributed by atoms with Crippen LogP contribution in [0.3, 0.4) is 0 Å². The second-order valence-electron chi connectivity index (χ2n) is 5.63. The first-order valence-electron chi connectivity index (χ1n) is 7.67. The van der Waals surface area contributed by atoms with Crippen molar-refractivity contribution in [3.8, 4) is 0 Å². The second-order valence-corrected chi connectivity index (χ2v) is 7.12. The third kappa shape index (κ3) is 4.55. The maximum Gasteiger partial charge on any atom is 0.250 e. The smallest absolute Gasteiger partial charge is 0.250 e. The van der Waals surface area contributed by atoms with Gasteiger partial charge in [-0.25, -0.2) is 4.98 Å². The molecule has 25 heavy (non-hydrogen) atoms. The molecule has 0 fully saturated rings. The van der Waals surface area contributed by atoms with Crippen LogP contribution in [0.1, 0.15) is 21.6 Å². The molecule has 0 unspecified atom stereocenters. The number of thiazole rings is 1. The molecule has 0 aliphatic carbocycles. The molecule has 7 heteroatoms. The van der Waals surface area contributed by atoms with E-state index in [4.69, 9.17) is 11.6 Å². The van der Waals surface area contributed by atoms with E-state index in [-0.39, 0.29) is 5.91 Å². The summed E-state index contributed by atoms with van der Waals surface area (Å²) in [4.78, 5) is 17.3. The van der Waals surface area contributed by atoms with E-state index in [0.717, 1.165) is 26.6 Å². The minimum absolute atomic E-state index is 0.224. The molecule has 0 aliphatic heterocycles. The lowest BCUT2D eigenvalue weighted by Crippen LogP contribution is -2.06. The fourth-order valence-corrected chi connectivity index (χ4v) is 3.36. The number of carbonyl (C=O) groups excluding carboxylic acids is 1. The molecule has 2 heterocycles. The predicted molar refractivity (Wildman–Crippen MR) is 102 cm³/mol. The number of halogens is 1. The Morgan fingerprint density at radius 2 is 2.24 bits per heavy atom. The van der Waals surface area contributed by atoms with Gasteiger partial charge in [-0.2, -0.15) is 5.10 Å². The van der Waals surface area contributed by atoms with Crippen LogP contribution in [-0.2, 0) is 18.3 Å². The lowest BCUT2D eigenvalue weighted by atomic mass is 10.1. The number of aromatic nitrogens is 3. The summed E-state index contributed by atoms with van der Waals surface area (Å²) in [6.45, 7) is 1.98. The number of hydrogen-bond acceptors (Lipinski definition) is 4. The number of hydrogen-bond donors (Lipinski definition) is 1. The van der Waals surface area contributed by atoms with Crippen LogP contribution in [0, 0.1) is 6.92 Å². The summed E-state index contributed by atoms with van der Waals surface area (Å²) in [5.74, 6) is -0.224. The molecule has 1 N–H and O–H groups in total. The van der Waals surface area contributed by atoms with Crippen molar-refractivity contribution in [1.82, 2.24) is 14.8 Å². The molecule has 0 saturated heterocycles. The summed E-state index contributed by atoms with van der Waals surface area (Å²) in [5, 5.41) is 8.17. The molecule has 0 spiro atoms. The fraction of sp³-hybridized carbons (Fsp3) is 0.167. The number of nitrogens with one attached hydrogen (secondary N) is 1. The van der Waals surface area contributed by atoms with Gasteiger partial charge < -0.3 is 0 Å². The molecular weight excluding hydrogens is 356 g/mol. The summed E-state index contributed by atoms with van der Waals surface area (Å²) in [5.41, 5.74) is 2.98. The van der Waals surface area contributed by atoms with E-state index in [1.165, 1.54) is 17.4 Å². The Kier molecular flexibility index (Phi) is 5.31. The van der Waals surface area contributed by atoms with Gasteiger partial charge in [0.15, 0.2) is 5.13 Å². The molecule has 3 rings (SSSR count).